The quantitative estimate of drug-likeness (QED) is 0.584. The van der Waals surface area contributed by atoms with E-state index in [4.69, 9.17) is 32.7 Å². The normalized spacial score (nSPS) is 25.5. The van der Waals surface area contributed by atoms with Gasteiger partial charge in [0.05, 0.1) is 17.2 Å². The summed E-state index contributed by atoms with van der Waals surface area (Å²) in [5.41, 5.74) is 0.615. The van der Waals surface area contributed by atoms with Crippen LogP contribution < -0.4 is 14.8 Å². The topological polar surface area (TPSA) is 50.6 Å². The van der Waals surface area contributed by atoms with Gasteiger partial charge in [0, 0.05) is 42.7 Å². The van der Waals surface area contributed by atoms with Crippen molar-refractivity contribution in [2.75, 3.05) is 13.7 Å². The lowest BCUT2D eigenvalue weighted by atomic mass is 9.96. The number of hydrogen-bond acceptors (Lipinski definition) is 4. The molecule has 0 aromatic heterocycles. The molecule has 4 rings (SSSR count). The Balaban J connectivity index is 1.39. The smallest absolute Gasteiger partial charge is 0.251 e. The van der Waals surface area contributed by atoms with Gasteiger partial charge in [-0.1, -0.05) is 43.1 Å². The lowest BCUT2D eigenvalue weighted by molar-refractivity contribution is 0.0920. The van der Waals surface area contributed by atoms with E-state index in [1.54, 1.807) is 25.3 Å². The minimum Gasteiger partial charge on any atom is -0.497 e. The third-order valence-electron chi connectivity index (χ3n) is 6.24. The highest BCUT2D eigenvalue weighted by Crippen LogP contribution is 2.42. The van der Waals surface area contributed by atoms with Crippen molar-refractivity contribution in [3.63, 3.8) is 0 Å². The van der Waals surface area contributed by atoms with Crippen molar-refractivity contribution >= 4 is 29.1 Å². The Kier molecular flexibility index (Phi) is 6.65. The van der Waals surface area contributed by atoms with Crippen molar-refractivity contribution < 1.29 is 14.3 Å². The Bertz CT molecular complexity index is 952. The number of nitrogens with zero attached hydrogens (tertiary/aromatic N) is 1. The molecule has 0 aliphatic carbocycles. The van der Waals surface area contributed by atoms with Crippen LogP contribution in [-0.4, -0.2) is 48.7 Å². The van der Waals surface area contributed by atoms with Crippen LogP contribution in [0.15, 0.2) is 42.5 Å². The molecule has 2 aromatic rings. The number of carbonyl (C=O) groups is 1. The molecule has 1 N–H and O–H groups in total. The van der Waals surface area contributed by atoms with E-state index in [1.807, 2.05) is 24.3 Å². The fraction of sp³-hybridized carbons (Fsp3) is 0.458. The average molecular weight is 463 g/mol. The molecule has 5 unspecified atom stereocenters. The molecule has 2 aliphatic rings. The largest absolute Gasteiger partial charge is 0.497 e. The van der Waals surface area contributed by atoms with Gasteiger partial charge in [0.1, 0.15) is 17.6 Å². The van der Waals surface area contributed by atoms with Gasteiger partial charge in [-0.3, -0.25) is 9.69 Å². The van der Waals surface area contributed by atoms with E-state index < -0.39 is 0 Å². The first-order valence-corrected chi connectivity index (χ1v) is 11.5. The summed E-state index contributed by atoms with van der Waals surface area (Å²) in [6, 6.07) is 13.5. The van der Waals surface area contributed by atoms with E-state index in [2.05, 4.69) is 24.1 Å². The number of nitrogens with one attached hydrogen (secondary N) is 1. The molecule has 0 bridgehead atoms. The first kappa shape index (κ1) is 22.3. The summed E-state index contributed by atoms with van der Waals surface area (Å²) in [6.07, 6.45) is 2.01. The zero-order valence-corrected chi connectivity index (χ0v) is 19.5. The molecule has 2 saturated heterocycles. The third-order valence-corrected chi connectivity index (χ3v) is 6.98. The predicted octanol–water partition coefficient (Wildman–Crippen LogP) is 5.05. The highest BCUT2D eigenvalue weighted by molar-refractivity contribution is 6.42. The second-order valence-electron chi connectivity index (χ2n) is 8.61. The van der Waals surface area contributed by atoms with Crippen molar-refractivity contribution in [1.82, 2.24) is 10.2 Å². The van der Waals surface area contributed by atoms with Crippen LogP contribution in [0.4, 0.5) is 0 Å². The van der Waals surface area contributed by atoms with Gasteiger partial charge in [0.15, 0.2) is 0 Å². The van der Waals surface area contributed by atoms with Crippen LogP contribution in [0.1, 0.15) is 37.0 Å². The monoisotopic (exact) mass is 462 g/mol. The number of ether oxygens (including phenoxy) is 2. The molecule has 0 saturated carbocycles. The number of halogens is 2. The fourth-order valence-corrected chi connectivity index (χ4v) is 4.85. The zero-order chi connectivity index (χ0) is 22.1. The third kappa shape index (κ3) is 4.94. The van der Waals surface area contributed by atoms with Crippen LogP contribution in [0.25, 0.3) is 0 Å². The minimum absolute atomic E-state index is 0.0638. The Morgan fingerprint density at radius 3 is 2.65 bits per heavy atom. The van der Waals surface area contributed by atoms with Crippen LogP contribution in [0.3, 0.4) is 0 Å². The van der Waals surface area contributed by atoms with Crippen LogP contribution in [0, 0.1) is 5.92 Å². The number of methoxy groups -OCH3 is 1. The van der Waals surface area contributed by atoms with Gasteiger partial charge >= 0.3 is 0 Å². The number of amides is 1. The van der Waals surface area contributed by atoms with Crippen molar-refractivity contribution in [2.45, 2.75) is 50.9 Å². The lowest BCUT2D eigenvalue weighted by Gasteiger charge is -2.23. The van der Waals surface area contributed by atoms with E-state index in [9.17, 15) is 4.79 Å². The molecule has 2 fully saturated rings. The molecule has 5 atom stereocenters. The molecular formula is C24H28Cl2N2O3. The Labute approximate surface area is 193 Å². The molecular weight excluding hydrogens is 435 g/mol. The van der Waals surface area contributed by atoms with E-state index in [0.717, 1.165) is 25.1 Å². The highest BCUT2D eigenvalue weighted by atomic mass is 35.5. The van der Waals surface area contributed by atoms with Crippen LogP contribution in [-0.2, 0) is 0 Å². The van der Waals surface area contributed by atoms with Gasteiger partial charge in [-0.15, -0.1) is 0 Å². The molecule has 2 aliphatic heterocycles. The molecule has 31 heavy (non-hydrogen) atoms. The second-order valence-corrected chi connectivity index (χ2v) is 9.43. The molecule has 2 heterocycles. The lowest BCUT2D eigenvalue weighted by Crippen LogP contribution is -2.44. The first-order chi connectivity index (χ1) is 14.9. The number of benzene rings is 2. The number of rotatable bonds is 7. The standard InChI is InChI=1S/C24H28Cl2N2O3/c1-14(2)22(27-24(29)15-5-4-6-16(11-15)30-3)23-21-13-18(9-10-28(21)23)31-17-7-8-19(25)20(26)12-17/h4-8,11-12,14,18,21-23H,9-10,13H2,1-3H3,(H,27,29). The highest BCUT2D eigenvalue weighted by Gasteiger charge is 2.55. The second kappa shape index (κ2) is 9.27. The van der Waals surface area contributed by atoms with E-state index in [-0.39, 0.29) is 18.1 Å². The molecule has 7 heteroatoms. The molecule has 0 radical (unpaired) electrons. The maximum Gasteiger partial charge on any atom is 0.251 e. The van der Waals surface area contributed by atoms with Gasteiger partial charge in [-0.05, 0) is 42.7 Å². The summed E-state index contributed by atoms with van der Waals surface area (Å²) in [4.78, 5) is 15.4. The van der Waals surface area contributed by atoms with E-state index in [1.165, 1.54) is 0 Å². The van der Waals surface area contributed by atoms with Crippen LogP contribution in [0.2, 0.25) is 10.0 Å². The maximum atomic E-state index is 12.9. The Morgan fingerprint density at radius 2 is 1.94 bits per heavy atom. The minimum atomic E-state index is -0.0638. The number of carbonyl (C=O) groups excluding carboxylic acids is 1. The summed E-state index contributed by atoms with van der Waals surface area (Å²) >= 11 is 12.1. The fourth-order valence-electron chi connectivity index (χ4n) is 4.56. The van der Waals surface area contributed by atoms with E-state index >= 15 is 0 Å². The maximum absolute atomic E-state index is 12.9. The molecule has 0 spiro atoms. The first-order valence-electron chi connectivity index (χ1n) is 10.7. The van der Waals surface area contributed by atoms with Gasteiger partial charge < -0.3 is 14.8 Å². The van der Waals surface area contributed by atoms with Gasteiger partial charge in [0.25, 0.3) is 5.91 Å². The predicted molar refractivity (Wildman–Crippen MR) is 123 cm³/mol. The molecule has 5 nitrogen and oxygen atoms in total. The van der Waals surface area contributed by atoms with E-state index in [0.29, 0.717) is 39.4 Å². The van der Waals surface area contributed by atoms with Gasteiger partial charge in [0.2, 0.25) is 0 Å². The number of hydrogen-bond donors (Lipinski definition) is 1. The average Bonchev–Trinajstić information content (AvgIpc) is 3.47. The van der Waals surface area contributed by atoms with Crippen molar-refractivity contribution in [1.29, 1.82) is 0 Å². The summed E-state index contributed by atoms with van der Waals surface area (Å²) in [5, 5.41) is 4.30. The summed E-state index contributed by atoms with van der Waals surface area (Å²) in [5.74, 6) is 1.68. The number of piperidine rings is 1. The summed E-state index contributed by atoms with van der Waals surface area (Å²) in [6.45, 7) is 5.27. The van der Waals surface area contributed by atoms with Gasteiger partial charge in [-0.25, -0.2) is 0 Å². The zero-order valence-electron chi connectivity index (χ0n) is 18.0. The summed E-state index contributed by atoms with van der Waals surface area (Å²) in [7, 11) is 1.60. The molecule has 2 aromatic carbocycles. The van der Waals surface area contributed by atoms with Crippen LogP contribution >= 0.6 is 23.2 Å². The Hall–Kier alpha value is -1.95. The van der Waals surface area contributed by atoms with Gasteiger partial charge in [-0.2, -0.15) is 0 Å². The summed E-state index contributed by atoms with van der Waals surface area (Å²) < 4.78 is 11.4. The SMILES string of the molecule is COc1cccc(C(=O)NC(C(C)C)C2C3CC(Oc4ccc(Cl)c(Cl)c4)CCN32)c1. The molecule has 166 valence electrons. The molecule has 1 amide bonds. The van der Waals surface area contributed by atoms with Crippen molar-refractivity contribution in [3.8, 4) is 11.5 Å². The Morgan fingerprint density at radius 1 is 1.13 bits per heavy atom. The number of fused-ring (bicyclic) bond motifs is 1. The van der Waals surface area contributed by atoms with Crippen molar-refractivity contribution in [2.24, 2.45) is 5.92 Å². The van der Waals surface area contributed by atoms with Crippen LogP contribution in [0.5, 0.6) is 11.5 Å². The van der Waals surface area contributed by atoms with Crippen molar-refractivity contribution in [3.05, 3.63) is 58.1 Å².